The molecule has 1 unspecified atom stereocenters. The van der Waals surface area contributed by atoms with Gasteiger partial charge in [0, 0.05) is 11.6 Å². The van der Waals surface area contributed by atoms with Crippen LogP contribution in [0.5, 0.6) is 0 Å². The van der Waals surface area contributed by atoms with Gasteiger partial charge in [0.1, 0.15) is 0 Å². The molecule has 1 saturated carbocycles. The smallest absolute Gasteiger partial charge is 0.0876 e. The van der Waals surface area contributed by atoms with Gasteiger partial charge in [-0.2, -0.15) is 0 Å². The van der Waals surface area contributed by atoms with Crippen molar-refractivity contribution < 1.29 is 4.74 Å². The van der Waals surface area contributed by atoms with Crippen LogP contribution in [0.2, 0.25) is 5.02 Å². The molecule has 0 heterocycles. The summed E-state index contributed by atoms with van der Waals surface area (Å²) >= 11 is 6.18. The Labute approximate surface area is 127 Å². The summed E-state index contributed by atoms with van der Waals surface area (Å²) < 4.78 is 6.27. The highest BCUT2D eigenvalue weighted by Crippen LogP contribution is 2.41. The van der Waals surface area contributed by atoms with Crippen LogP contribution in [0.25, 0.3) is 0 Å². The maximum atomic E-state index is 6.27. The van der Waals surface area contributed by atoms with E-state index >= 15 is 0 Å². The molecule has 1 fully saturated rings. The van der Waals surface area contributed by atoms with Crippen LogP contribution in [0, 0.1) is 0 Å². The molecule has 0 aromatic heterocycles. The molecule has 1 aromatic carbocycles. The minimum Gasteiger partial charge on any atom is -0.373 e. The van der Waals surface area contributed by atoms with Crippen molar-refractivity contribution in [1.82, 2.24) is 5.32 Å². The van der Waals surface area contributed by atoms with Gasteiger partial charge in [-0.3, -0.25) is 0 Å². The van der Waals surface area contributed by atoms with Crippen LogP contribution in [-0.4, -0.2) is 18.8 Å². The average molecular weight is 296 g/mol. The molecule has 3 heteroatoms. The van der Waals surface area contributed by atoms with Gasteiger partial charge in [0.2, 0.25) is 0 Å². The van der Waals surface area contributed by atoms with Crippen molar-refractivity contribution in [2.75, 3.05) is 13.2 Å². The van der Waals surface area contributed by atoms with Crippen molar-refractivity contribution in [2.45, 2.75) is 57.6 Å². The number of nitrogens with one attached hydrogen (secondary N) is 1. The Hall–Kier alpha value is -0.570. The summed E-state index contributed by atoms with van der Waals surface area (Å²) in [6.45, 7) is 5.95. The number of hydrogen-bond acceptors (Lipinski definition) is 2. The quantitative estimate of drug-likeness (QED) is 0.819. The molecule has 1 aromatic rings. The van der Waals surface area contributed by atoms with Gasteiger partial charge in [-0.15, -0.1) is 0 Å². The lowest BCUT2D eigenvalue weighted by Gasteiger charge is -2.44. The molecule has 0 radical (unpaired) electrons. The number of hydrogen-bond donors (Lipinski definition) is 1. The molecule has 0 saturated heterocycles. The molecule has 1 atom stereocenters. The first-order valence-electron chi connectivity index (χ1n) is 7.84. The maximum absolute atomic E-state index is 6.27. The highest BCUT2D eigenvalue weighted by molar-refractivity contribution is 6.30. The second-order valence-corrected chi connectivity index (χ2v) is 6.04. The SMILES string of the molecule is CCNC(c1cccc(Cl)c1)C1(OCC)CCCCC1. The fourth-order valence-electron chi connectivity index (χ4n) is 3.45. The van der Waals surface area contributed by atoms with Gasteiger partial charge in [0.05, 0.1) is 11.6 Å². The van der Waals surface area contributed by atoms with Gasteiger partial charge < -0.3 is 10.1 Å². The van der Waals surface area contributed by atoms with Gasteiger partial charge in [-0.25, -0.2) is 0 Å². The second kappa shape index (κ2) is 7.44. The molecule has 2 nitrogen and oxygen atoms in total. The Balaban J connectivity index is 2.33. The standard InChI is InChI=1S/C17H26ClNO/c1-3-19-16(14-9-8-10-15(18)13-14)17(20-4-2)11-6-5-7-12-17/h8-10,13,16,19H,3-7,11-12H2,1-2H3. The fraction of sp³-hybridized carbons (Fsp3) is 0.647. The Morgan fingerprint density at radius 1 is 1.25 bits per heavy atom. The van der Waals surface area contributed by atoms with Gasteiger partial charge in [0.25, 0.3) is 0 Å². The minimum atomic E-state index is -0.0757. The third-order valence-corrected chi connectivity index (χ3v) is 4.48. The average Bonchev–Trinajstić information content (AvgIpc) is 2.46. The summed E-state index contributed by atoms with van der Waals surface area (Å²) in [5.74, 6) is 0. The molecule has 20 heavy (non-hydrogen) atoms. The van der Waals surface area contributed by atoms with Gasteiger partial charge in [-0.1, -0.05) is 49.9 Å². The van der Waals surface area contributed by atoms with E-state index in [9.17, 15) is 0 Å². The lowest BCUT2D eigenvalue weighted by atomic mass is 9.76. The maximum Gasteiger partial charge on any atom is 0.0876 e. The molecule has 1 aliphatic carbocycles. The summed E-state index contributed by atoms with van der Waals surface area (Å²) in [4.78, 5) is 0. The number of likely N-dealkylation sites (N-methyl/N-ethyl adjacent to an activating group) is 1. The summed E-state index contributed by atoms with van der Waals surface area (Å²) in [5, 5.41) is 4.44. The molecule has 1 aliphatic rings. The van der Waals surface area contributed by atoms with Crippen molar-refractivity contribution in [3.05, 3.63) is 34.9 Å². The van der Waals surface area contributed by atoms with Gasteiger partial charge in [0.15, 0.2) is 0 Å². The van der Waals surface area contributed by atoms with Crippen LogP contribution in [0.3, 0.4) is 0 Å². The number of rotatable bonds is 6. The fourth-order valence-corrected chi connectivity index (χ4v) is 3.65. The predicted octanol–water partition coefficient (Wildman–Crippen LogP) is 4.73. The Kier molecular flexibility index (Phi) is 5.88. The van der Waals surface area contributed by atoms with Crippen molar-refractivity contribution in [1.29, 1.82) is 0 Å². The van der Waals surface area contributed by atoms with E-state index in [1.807, 2.05) is 12.1 Å². The zero-order valence-electron chi connectivity index (χ0n) is 12.6. The van der Waals surface area contributed by atoms with E-state index in [4.69, 9.17) is 16.3 Å². The Morgan fingerprint density at radius 3 is 2.60 bits per heavy atom. The molecule has 0 aliphatic heterocycles. The van der Waals surface area contributed by atoms with E-state index in [1.165, 1.54) is 24.8 Å². The first-order valence-corrected chi connectivity index (χ1v) is 8.22. The van der Waals surface area contributed by atoms with E-state index in [2.05, 4.69) is 31.3 Å². The zero-order valence-corrected chi connectivity index (χ0v) is 13.4. The third kappa shape index (κ3) is 3.55. The van der Waals surface area contributed by atoms with E-state index < -0.39 is 0 Å². The van der Waals surface area contributed by atoms with Crippen LogP contribution in [0.15, 0.2) is 24.3 Å². The lowest BCUT2D eigenvalue weighted by Crippen LogP contribution is -2.47. The van der Waals surface area contributed by atoms with Crippen LogP contribution < -0.4 is 5.32 Å². The van der Waals surface area contributed by atoms with Crippen molar-refractivity contribution >= 4 is 11.6 Å². The van der Waals surface area contributed by atoms with E-state index in [0.717, 1.165) is 31.0 Å². The topological polar surface area (TPSA) is 21.3 Å². The van der Waals surface area contributed by atoms with Crippen molar-refractivity contribution in [2.24, 2.45) is 0 Å². The van der Waals surface area contributed by atoms with Crippen LogP contribution in [0.1, 0.15) is 57.6 Å². The van der Waals surface area contributed by atoms with Gasteiger partial charge >= 0.3 is 0 Å². The number of benzene rings is 1. The molecule has 0 amide bonds. The molecular weight excluding hydrogens is 270 g/mol. The Morgan fingerprint density at radius 2 is 2.00 bits per heavy atom. The summed E-state index contributed by atoms with van der Waals surface area (Å²) in [7, 11) is 0. The second-order valence-electron chi connectivity index (χ2n) is 5.60. The molecule has 1 N–H and O–H groups in total. The summed E-state index contributed by atoms with van der Waals surface area (Å²) in [5.41, 5.74) is 1.17. The highest BCUT2D eigenvalue weighted by Gasteiger charge is 2.41. The Bertz CT molecular complexity index is 410. The lowest BCUT2D eigenvalue weighted by molar-refractivity contribution is -0.0909. The van der Waals surface area contributed by atoms with E-state index in [-0.39, 0.29) is 11.6 Å². The van der Waals surface area contributed by atoms with E-state index in [0.29, 0.717) is 0 Å². The minimum absolute atomic E-state index is 0.0757. The van der Waals surface area contributed by atoms with Crippen molar-refractivity contribution in [3.63, 3.8) is 0 Å². The van der Waals surface area contributed by atoms with Crippen LogP contribution >= 0.6 is 11.6 Å². The molecular formula is C17H26ClNO. The molecule has 0 bridgehead atoms. The normalized spacial score (nSPS) is 19.8. The van der Waals surface area contributed by atoms with Gasteiger partial charge in [-0.05, 0) is 44.0 Å². The first kappa shape index (κ1) is 15.8. The molecule has 2 rings (SSSR count). The monoisotopic (exact) mass is 295 g/mol. The molecule has 0 spiro atoms. The summed E-state index contributed by atoms with van der Waals surface area (Å²) in [6.07, 6.45) is 6.09. The molecule has 112 valence electrons. The van der Waals surface area contributed by atoms with Crippen LogP contribution in [0.4, 0.5) is 0 Å². The van der Waals surface area contributed by atoms with E-state index in [1.54, 1.807) is 0 Å². The zero-order chi connectivity index (χ0) is 14.4. The largest absolute Gasteiger partial charge is 0.373 e. The number of ether oxygens (including phenoxy) is 1. The summed E-state index contributed by atoms with van der Waals surface area (Å²) in [6, 6.07) is 8.43. The third-order valence-electron chi connectivity index (χ3n) is 4.25. The number of halogens is 1. The van der Waals surface area contributed by atoms with Crippen LogP contribution in [-0.2, 0) is 4.74 Å². The predicted molar refractivity (Wildman–Crippen MR) is 85.3 cm³/mol. The first-order chi connectivity index (χ1) is 9.72. The highest BCUT2D eigenvalue weighted by atomic mass is 35.5. The van der Waals surface area contributed by atoms with Crippen molar-refractivity contribution in [3.8, 4) is 0 Å².